The summed E-state index contributed by atoms with van der Waals surface area (Å²) >= 11 is 11.8. The summed E-state index contributed by atoms with van der Waals surface area (Å²) in [7, 11) is 0. The van der Waals surface area contributed by atoms with Gasteiger partial charge in [0.25, 0.3) is 0 Å². The minimum atomic E-state index is -1.19. The molecule has 1 atom stereocenters. The Morgan fingerprint density at radius 3 is 2.65 bits per heavy atom. The van der Waals surface area contributed by atoms with Gasteiger partial charge >= 0.3 is 12.0 Å². The zero-order chi connectivity index (χ0) is 14.9. The Balaban J connectivity index is 2.24. The summed E-state index contributed by atoms with van der Waals surface area (Å²) in [5, 5.41) is 12.0. The Morgan fingerprint density at radius 1 is 1.40 bits per heavy atom. The number of carbonyl (C=O) groups is 2. The molecule has 1 heterocycles. The van der Waals surface area contributed by atoms with Crippen LogP contribution in [-0.2, 0) is 0 Å². The summed E-state index contributed by atoms with van der Waals surface area (Å²) in [5.74, 6) is -0.750. The number of rotatable bonds is 2. The molecule has 0 aliphatic carbocycles. The predicted octanol–water partition coefficient (Wildman–Crippen LogP) is 3.57. The maximum Gasteiger partial charge on any atom is 0.337 e. The van der Waals surface area contributed by atoms with Gasteiger partial charge in [0, 0.05) is 18.1 Å². The second kappa shape index (κ2) is 5.89. The maximum absolute atomic E-state index is 12.1. The molecule has 7 heteroatoms. The standard InChI is InChI=1S/C13H14Cl2N2O3/c1-7-2-3-17(6-7)13(20)16-11-9(12(18)19)4-8(14)5-10(11)15/h4-5,7H,2-3,6H2,1H3,(H,16,20)(H,18,19). The van der Waals surface area contributed by atoms with Crippen molar-refractivity contribution in [2.45, 2.75) is 13.3 Å². The van der Waals surface area contributed by atoms with E-state index in [1.165, 1.54) is 12.1 Å². The van der Waals surface area contributed by atoms with Gasteiger partial charge in [-0.05, 0) is 24.5 Å². The van der Waals surface area contributed by atoms with E-state index in [1.807, 2.05) is 0 Å². The van der Waals surface area contributed by atoms with Crippen LogP contribution in [0, 0.1) is 5.92 Å². The number of carboxylic acid groups (broad SMARTS) is 1. The van der Waals surface area contributed by atoms with Crippen molar-refractivity contribution in [1.82, 2.24) is 4.90 Å². The Kier molecular flexibility index (Phi) is 4.40. The van der Waals surface area contributed by atoms with Crippen LogP contribution in [0.15, 0.2) is 12.1 Å². The summed E-state index contributed by atoms with van der Waals surface area (Å²) in [6.07, 6.45) is 0.938. The fourth-order valence-corrected chi connectivity index (χ4v) is 2.72. The van der Waals surface area contributed by atoms with Crippen LogP contribution in [0.2, 0.25) is 10.0 Å². The minimum Gasteiger partial charge on any atom is -0.478 e. The molecule has 1 unspecified atom stereocenters. The van der Waals surface area contributed by atoms with Gasteiger partial charge in [0.05, 0.1) is 16.3 Å². The van der Waals surface area contributed by atoms with Crippen molar-refractivity contribution >= 4 is 40.9 Å². The van der Waals surface area contributed by atoms with Crippen molar-refractivity contribution in [2.75, 3.05) is 18.4 Å². The van der Waals surface area contributed by atoms with Crippen molar-refractivity contribution < 1.29 is 14.7 Å². The Morgan fingerprint density at radius 2 is 2.10 bits per heavy atom. The van der Waals surface area contributed by atoms with Crippen molar-refractivity contribution in [2.24, 2.45) is 5.92 Å². The normalized spacial score (nSPS) is 18.1. The minimum absolute atomic E-state index is 0.0770. The van der Waals surface area contributed by atoms with E-state index in [4.69, 9.17) is 28.3 Å². The van der Waals surface area contributed by atoms with Gasteiger partial charge in [-0.3, -0.25) is 0 Å². The lowest BCUT2D eigenvalue weighted by atomic mass is 10.2. The molecule has 0 saturated carbocycles. The van der Waals surface area contributed by atoms with E-state index in [0.717, 1.165) is 6.42 Å². The number of carboxylic acids is 1. The molecule has 0 aromatic heterocycles. The Labute approximate surface area is 126 Å². The number of benzene rings is 1. The molecule has 0 spiro atoms. The van der Waals surface area contributed by atoms with Gasteiger partial charge in [-0.25, -0.2) is 9.59 Å². The van der Waals surface area contributed by atoms with Gasteiger partial charge in [-0.2, -0.15) is 0 Å². The SMILES string of the molecule is CC1CCN(C(=O)Nc2c(Cl)cc(Cl)cc2C(=O)O)C1. The number of nitrogens with zero attached hydrogens (tertiary/aromatic N) is 1. The molecular formula is C13H14Cl2N2O3. The van der Waals surface area contributed by atoms with E-state index in [0.29, 0.717) is 19.0 Å². The maximum atomic E-state index is 12.1. The largest absolute Gasteiger partial charge is 0.478 e. The average molecular weight is 317 g/mol. The van der Waals surface area contributed by atoms with Crippen LogP contribution in [0.1, 0.15) is 23.7 Å². The predicted molar refractivity (Wildman–Crippen MR) is 77.8 cm³/mol. The van der Waals surface area contributed by atoms with Gasteiger partial charge < -0.3 is 15.3 Å². The van der Waals surface area contributed by atoms with E-state index in [9.17, 15) is 9.59 Å². The summed E-state index contributed by atoms with van der Waals surface area (Å²) in [4.78, 5) is 24.9. The molecule has 1 aliphatic rings. The first-order valence-electron chi connectivity index (χ1n) is 6.16. The van der Waals surface area contributed by atoms with E-state index in [-0.39, 0.29) is 27.3 Å². The second-order valence-corrected chi connectivity index (χ2v) is 5.73. The number of anilines is 1. The third-order valence-electron chi connectivity index (χ3n) is 3.23. The molecule has 108 valence electrons. The van der Waals surface area contributed by atoms with Gasteiger partial charge in [0.15, 0.2) is 0 Å². The van der Waals surface area contributed by atoms with E-state index in [1.54, 1.807) is 4.90 Å². The van der Waals surface area contributed by atoms with Crippen molar-refractivity contribution in [3.63, 3.8) is 0 Å². The van der Waals surface area contributed by atoms with Crippen LogP contribution < -0.4 is 5.32 Å². The molecule has 1 aliphatic heterocycles. The summed E-state index contributed by atoms with van der Waals surface area (Å²) in [6, 6.07) is 2.32. The smallest absolute Gasteiger partial charge is 0.337 e. The highest BCUT2D eigenvalue weighted by Crippen LogP contribution is 2.31. The summed E-state index contributed by atoms with van der Waals surface area (Å²) in [6.45, 7) is 3.37. The zero-order valence-electron chi connectivity index (χ0n) is 10.8. The molecule has 0 bridgehead atoms. The lowest BCUT2D eigenvalue weighted by Crippen LogP contribution is -2.33. The van der Waals surface area contributed by atoms with Crippen LogP contribution in [0.25, 0.3) is 0 Å². The molecule has 1 aromatic rings. The van der Waals surface area contributed by atoms with Gasteiger partial charge in [-0.15, -0.1) is 0 Å². The van der Waals surface area contributed by atoms with Gasteiger partial charge in [0.2, 0.25) is 0 Å². The van der Waals surface area contributed by atoms with Crippen molar-refractivity contribution in [3.05, 3.63) is 27.7 Å². The highest BCUT2D eigenvalue weighted by Gasteiger charge is 2.25. The molecule has 20 heavy (non-hydrogen) atoms. The lowest BCUT2D eigenvalue weighted by Gasteiger charge is -2.18. The molecule has 2 rings (SSSR count). The quantitative estimate of drug-likeness (QED) is 0.876. The number of urea groups is 1. The van der Waals surface area contributed by atoms with Crippen LogP contribution in [0.4, 0.5) is 10.5 Å². The average Bonchev–Trinajstić information content (AvgIpc) is 2.78. The number of likely N-dealkylation sites (tertiary alicyclic amines) is 1. The number of aromatic carboxylic acids is 1. The summed E-state index contributed by atoms with van der Waals surface area (Å²) < 4.78 is 0. The molecule has 1 aromatic carbocycles. The number of hydrogen-bond donors (Lipinski definition) is 2. The van der Waals surface area contributed by atoms with E-state index in [2.05, 4.69) is 12.2 Å². The number of halogens is 2. The zero-order valence-corrected chi connectivity index (χ0v) is 12.3. The number of carbonyl (C=O) groups excluding carboxylic acids is 1. The van der Waals surface area contributed by atoms with Crippen LogP contribution >= 0.6 is 23.2 Å². The van der Waals surface area contributed by atoms with E-state index < -0.39 is 5.97 Å². The third kappa shape index (κ3) is 3.16. The Hall–Kier alpha value is -1.46. The highest BCUT2D eigenvalue weighted by molar-refractivity contribution is 6.37. The van der Waals surface area contributed by atoms with Crippen LogP contribution in [0.5, 0.6) is 0 Å². The van der Waals surface area contributed by atoms with Crippen molar-refractivity contribution in [1.29, 1.82) is 0 Å². The molecule has 2 N–H and O–H groups in total. The number of amides is 2. The van der Waals surface area contributed by atoms with Crippen LogP contribution in [0.3, 0.4) is 0 Å². The summed E-state index contributed by atoms with van der Waals surface area (Å²) in [5.41, 5.74) is -0.0452. The van der Waals surface area contributed by atoms with Crippen LogP contribution in [-0.4, -0.2) is 35.1 Å². The molecule has 0 radical (unpaired) electrons. The molecular weight excluding hydrogens is 303 g/mol. The first-order valence-corrected chi connectivity index (χ1v) is 6.92. The lowest BCUT2D eigenvalue weighted by molar-refractivity contribution is 0.0698. The third-order valence-corrected chi connectivity index (χ3v) is 3.74. The first-order chi connectivity index (χ1) is 9.38. The second-order valence-electron chi connectivity index (χ2n) is 4.89. The number of nitrogens with one attached hydrogen (secondary N) is 1. The van der Waals surface area contributed by atoms with Crippen molar-refractivity contribution in [3.8, 4) is 0 Å². The highest BCUT2D eigenvalue weighted by atomic mass is 35.5. The fraction of sp³-hybridized carbons (Fsp3) is 0.385. The fourth-order valence-electron chi connectivity index (χ4n) is 2.17. The molecule has 5 nitrogen and oxygen atoms in total. The molecule has 1 fully saturated rings. The molecule has 2 amide bonds. The molecule has 1 saturated heterocycles. The first kappa shape index (κ1) is 14.9. The van der Waals surface area contributed by atoms with Gasteiger partial charge in [-0.1, -0.05) is 30.1 Å². The monoisotopic (exact) mass is 316 g/mol. The Bertz CT molecular complexity index is 563. The van der Waals surface area contributed by atoms with Gasteiger partial charge in [0.1, 0.15) is 0 Å². The number of hydrogen-bond acceptors (Lipinski definition) is 2. The topological polar surface area (TPSA) is 69.6 Å². The van der Waals surface area contributed by atoms with E-state index >= 15 is 0 Å².